The fourth-order valence-corrected chi connectivity index (χ4v) is 5.80. The first kappa shape index (κ1) is 33.7. The number of alkyl halides is 3. The summed E-state index contributed by atoms with van der Waals surface area (Å²) in [4.78, 5) is 33.6. The third-order valence-corrected chi connectivity index (χ3v) is 8.62. The highest BCUT2D eigenvalue weighted by atomic mass is 19.4. The SMILES string of the molecule is C=C/N=C1/C(N)=NC(N2CCN(CC3CCN(C)CC3)CC2)=N/C1=C(/N)Nc1cc(C(=O)Nc2ccc(C(F)(F)F)cc2)ccc1C. The zero-order valence-electron chi connectivity index (χ0n) is 26.6. The van der Waals surface area contributed by atoms with E-state index in [0.717, 1.165) is 69.4 Å². The number of carbonyl (C=O) groups excluding carboxylic acids is 1. The maximum absolute atomic E-state index is 13.0. The van der Waals surface area contributed by atoms with E-state index in [2.05, 4.69) is 48.9 Å². The minimum Gasteiger partial charge on any atom is -0.383 e. The van der Waals surface area contributed by atoms with Gasteiger partial charge < -0.3 is 31.9 Å². The molecule has 250 valence electrons. The molecule has 0 unspecified atom stereocenters. The highest BCUT2D eigenvalue weighted by molar-refractivity contribution is 6.49. The Kier molecular flexibility index (Phi) is 10.3. The molecule has 5 rings (SSSR count). The number of halogens is 3. The molecule has 0 atom stereocenters. The number of anilines is 2. The summed E-state index contributed by atoms with van der Waals surface area (Å²) in [5, 5.41) is 5.77. The molecule has 0 radical (unpaired) electrons. The molecule has 47 heavy (non-hydrogen) atoms. The molecule has 3 aliphatic heterocycles. The maximum Gasteiger partial charge on any atom is 0.416 e. The van der Waals surface area contributed by atoms with Crippen molar-refractivity contribution in [1.82, 2.24) is 14.7 Å². The average molecular weight is 651 g/mol. The summed E-state index contributed by atoms with van der Waals surface area (Å²) < 4.78 is 38.8. The minimum atomic E-state index is -4.47. The van der Waals surface area contributed by atoms with Gasteiger partial charge in [0.1, 0.15) is 17.2 Å². The van der Waals surface area contributed by atoms with E-state index in [-0.39, 0.29) is 28.6 Å². The molecule has 11 nitrogen and oxygen atoms in total. The molecule has 2 saturated heterocycles. The molecule has 14 heteroatoms. The van der Waals surface area contributed by atoms with Gasteiger partial charge in [-0.1, -0.05) is 12.6 Å². The number of amides is 1. The number of benzene rings is 2. The van der Waals surface area contributed by atoms with Crippen LogP contribution in [-0.2, 0) is 6.18 Å². The first-order chi connectivity index (χ1) is 22.4. The van der Waals surface area contributed by atoms with Crippen LogP contribution in [0.15, 0.2) is 81.7 Å². The highest BCUT2D eigenvalue weighted by Crippen LogP contribution is 2.30. The van der Waals surface area contributed by atoms with E-state index in [4.69, 9.17) is 16.5 Å². The van der Waals surface area contributed by atoms with Crippen LogP contribution in [0.4, 0.5) is 24.5 Å². The van der Waals surface area contributed by atoms with Crippen LogP contribution in [0.2, 0.25) is 0 Å². The van der Waals surface area contributed by atoms with Gasteiger partial charge in [-0.15, -0.1) is 0 Å². The topological polar surface area (TPSA) is 140 Å². The fourth-order valence-electron chi connectivity index (χ4n) is 5.80. The van der Waals surface area contributed by atoms with Gasteiger partial charge in [0, 0.05) is 55.9 Å². The molecule has 3 aliphatic rings. The predicted molar refractivity (Wildman–Crippen MR) is 180 cm³/mol. The van der Waals surface area contributed by atoms with Crippen molar-refractivity contribution in [1.29, 1.82) is 0 Å². The van der Waals surface area contributed by atoms with Crippen LogP contribution in [0.1, 0.15) is 34.3 Å². The average Bonchev–Trinajstić information content (AvgIpc) is 3.04. The molecular formula is C33H41F3N10O. The predicted octanol–water partition coefficient (Wildman–Crippen LogP) is 4.08. The van der Waals surface area contributed by atoms with Crippen molar-refractivity contribution in [3.05, 3.63) is 83.5 Å². The first-order valence-corrected chi connectivity index (χ1v) is 15.6. The van der Waals surface area contributed by atoms with Gasteiger partial charge in [-0.25, -0.2) is 4.99 Å². The number of nitrogens with two attached hydrogens (primary N) is 2. The number of aliphatic imine (C=N–C) groups is 3. The number of guanidine groups is 1. The lowest BCUT2D eigenvalue weighted by Gasteiger charge is -2.39. The minimum absolute atomic E-state index is 0.144. The van der Waals surface area contributed by atoms with E-state index in [1.165, 1.54) is 31.2 Å². The number of aryl methyl sites for hydroxylation is 1. The van der Waals surface area contributed by atoms with Crippen molar-refractivity contribution < 1.29 is 18.0 Å². The van der Waals surface area contributed by atoms with Gasteiger partial charge >= 0.3 is 6.18 Å². The third-order valence-electron chi connectivity index (χ3n) is 8.62. The lowest BCUT2D eigenvalue weighted by atomic mass is 9.96. The van der Waals surface area contributed by atoms with Crippen LogP contribution in [0.25, 0.3) is 0 Å². The highest BCUT2D eigenvalue weighted by Gasteiger charge is 2.30. The van der Waals surface area contributed by atoms with Crippen molar-refractivity contribution in [2.75, 3.05) is 63.5 Å². The van der Waals surface area contributed by atoms with Crippen LogP contribution >= 0.6 is 0 Å². The Morgan fingerprint density at radius 3 is 2.36 bits per heavy atom. The Balaban J connectivity index is 1.30. The maximum atomic E-state index is 13.0. The van der Waals surface area contributed by atoms with Gasteiger partial charge in [-0.3, -0.25) is 14.7 Å². The van der Waals surface area contributed by atoms with Gasteiger partial charge in [0.15, 0.2) is 5.84 Å². The summed E-state index contributed by atoms with van der Waals surface area (Å²) in [7, 11) is 2.18. The Morgan fingerprint density at radius 2 is 1.72 bits per heavy atom. The van der Waals surface area contributed by atoms with E-state index in [1.807, 2.05) is 6.92 Å². The molecule has 3 heterocycles. The lowest BCUT2D eigenvalue weighted by Crippen LogP contribution is -2.51. The van der Waals surface area contributed by atoms with Crippen molar-refractivity contribution >= 4 is 34.8 Å². The Hall–Kier alpha value is -4.69. The Morgan fingerprint density at radius 1 is 1.04 bits per heavy atom. The number of likely N-dealkylation sites (tertiary alicyclic amines) is 1. The van der Waals surface area contributed by atoms with Gasteiger partial charge in [0.2, 0.25) is 5.96 Å². The smallest absolute Gasteiger partial charge is 0.383 e. The number of hydrogen-bond acceptors (Lipinski definition) is 10. The largest absolute Gasteiger partial charge is 0.416 e. The van der Waals surface area contributed by atoms with Crippen LogP contribution in [0.5, 0.6) is 0 Å². The standard InChI is InChI=1S/C33H41F3N10O/c1-4-39-27-28(42-32(43-29(27)37)46-17-15-45(16-18-46)20-22-11-13-44(3)14-12-22)30(38)41-26-19-23(6-5-21(26)2)31(47)40-25-9-7-24(8-10-25)33(34,35)36/h4-10,19,22,41H,1,11-18,20,38H2,2-3H3,(H,40,47)(H2,37,42,43)/b30-28-,39-27+. The van der Waals surface area contributed by atoms with E-state index in [9.17, 15) is 18.0 Å². The van der Waals surface area contributed by atoms with Crippen molar-refractivity contribution in [3.8, 4) is 0 Å². The van der Waals surface area contributed by atoms with Crippen LogP contribution in [0, 0.1) is 12.8 Å². The summed E-state index contributed by atoms with van der Waals surface area (Å²) in [6.45, 7) is 12.2. The second-order valence-corrected chi connectivity index (χ2v) is 12.0. The number of amidine groups is 1. The van der Waals surface area contributed by atoms with Crippen molar-refractivity contribution in [3.63, 3.8) is 0 Å². The summed E-state index contributed by atoms with van der Waals surface area (Å²) in [6.07, 6.45) is -0.680. The summed E-state index contributed by atoms with van der Waals surface area (Å²) >= 11 is 0. The number of carbonyl (C=O) groups is 1. The first-order valence-electron chi connectivity index (χ1n) is 15.6. The molecule has 0 bridgehead atoms. The molecular weight excluding hydrogens is 609 g/mol. The second kappa shape index (κ2) is 14.4. The van der Waals surface area contributed by atoms with Crippen molar-refractivity contribution in [2.45, 2.75) is 25.9 Å². The molecule has 2 aromatic rings. The molecule has 0 aromatic heterocycles. The zero-order chi connectivity index (χ0) is 33.7. The third kappa shape index (κ3) is 8.37. The molecule has 1 amide bonds. The molecule has 0 saturated carbocycles. The van der Waals surface area contributed by atoms with Crippen molar-refractivity contribution in [2.24, 2.45) is 32.4 Å². The Labute approximate surface area is 272 Å². The van der Waals surface area contributed by atoms with Crippen LogP contribution in [0.3, 0.4) is 0 Å². The molecule has 2 fully saturated rings. The zero-order valence-corrected chi connectivity index (χ0v) is 26.6. The number of nitrogens with zero attached hydrogens (tertiary/aromatic N) is 6. The quantitative estimate of drug-likeness (QED) is 0.354. The van der Waals surface area contributed by atoms with Crippen LogP contribution < -0.4 is 22.1 Å². The van der Waals surface area contributed by atoms with Gasteiger partial charge in [-0.05, 0) is 87.8 Å². The van der Waals surface area contributed by atoms with E-state index >= 15 is 0 Å². The summed E-state index contributed by atoms with van der Waals surface area (Å²) in [5.74, 6) is 0.965. The second-order valence-electron chi connectivity index (χ2n) is 12.0. The molecule has 0 aliphatic carbocycles. The lowest BCUT2D eigenvalue weighted by molar-refractivity contribution is -0.137. The summed E-state index contributed by atoms with van der Waals surface area (Å²) in [6, 6.07) is 9.18. The Bertz CT molecular complexity index is 1600. The number of piperazine rings is 1. The van der Waals surface area contributed by atoms with Gasteiger partial charge in [0.05, 0.1) is 5.56 Å². The monoisotopic (exact) mass is 650 g/mol. The number of piperidine rings is 1. The van der Waals surface area contributed by atoms with E-state index < -0.39 is 17.6 Å². The summed E-state index contributed by atoms with van der Waals surface area (Å²) in [5.41, 5.74) is 14.5. The normalized spacial score (nSPS) is 20.4. The number of nitrogens with one attached hydrogen (secondary N) is 2. The number of rotatable bonds is 7. The van der Waals surface area contributed by atoms with Crippen LogP contribution in [-0.4, -0.2) is 91.0 Å². The van der Waals surface area contributed by atoms with E-state index in [1.54, 1.807) is 18.2 Å². The van der Waals surface area contributed by atoms with Gasteiger partial charge in [-0.2, -0.15) is 18.2 Å². The fraction of sp³-hybridized carbons (Fsp3) is 0.394. The molecule has 2 aromatic carbocycles. The molecule has 0 spiro atoms. The van der Waals surface area contributed by atoms with Gasteiger partial charge in [0.25, 0.3) is 5.91 Å². The number of hydrogen-bond donors (Lipinski definition) is 4. The molecule has 6 N–H and O–H groups in total. The van der Waals surface area contributed by atoms with E-state index in [0.29, 0.717) is 17.3 Å².